The SMILES string of the molecule is C[C@@H](NCl)C1CCC1. The number of rotatable bonds is 2. The van der Waals surface area contributed by atoms with E-state index in [0.29, 0.717) is 6.04 Å². The molecule has 1 N–H and O–H groups in total. The van der Waals surface area contributed by atoms with Gasteiger partial charge in [-0.1, -0.05) is 6.42 Å². The maximum absolute atomic E-state index is 5.41. The van der Waals surface area contributed by atoms with Gasteiger partial charge in [0.25, 0.3) is 0 Å². The summed E-state index contributed by atoms with van der Waals surface area (Å²) >= 11 is 5.41. The predicted molar refractivity (Wildman–Crippen MR) is 35.8 cm³/mol. The van der Waals surface area contributed by atoms with Crippen molar-refractivity contribution in [1.29, 1.82) is 0 Å². The smallest absolute Gasteiger partial charge is 0.0220 e. The summed E-state index contributed by atoms with van der Waals surface area (Å²) in [5, 5.41) is 0. The molecule has 1 aliphatic rings. The Kier molecular flexibility index (Phi) is 2.15. The van der Waals surface area contributed by atoms with Crippen molar-refractivity contribution in [3.63, 3.8) is 0 Å². The Morgan fingerprint density at radius 1 is 1.62 bits per heavy atom. The molecule has 0 bridgehead atoms. The van der Waals surface area contributed by atoms with Crippen molar-refractivity contribution in [2.24, 2.45) is 5.92 Å². The lowest BCUT2D eigenvalue weighted by molar-refractivity contribution is 0.262. The first kappa shape index (κ1) is 6.37. The Balaban J connectivity index is 2.13. The highest BCUT2D eigenvalue weighted by atomic mass is 35.5. The first-order valence-corrected chi connectivity index (χ1v) is 3.58. The maximum atomic E-state index is 5.41. The van der Waals surface area contributed by atoms with E-state index in [9.17, 15) is 0 Å². The molecule has 1 saturated carbocycles. The van der Waals surface area contributed by atoms with Gasteiger partial charge in [-0.3, -0.25) is 0 Å². The van der Waals surface area contributed by atoms with Gasteiger partial charge in [0.1, 0.15) is 0 Å². The van der Waals surface area contributed by atoms with Crippen LogP contribution in [0.5, 0.6) is 0 Å². The summed E-state index contributed by atoms with van der Waals surface area (Å²) in [4.78, 5) is 2.74. The molecule has 0 spiro atoms. The van der Waals surface area contributed by atoms with Crippen LogP contribution in [0.25, 0.3) is 0 Å². The zero-order valence-electron chi connectivity index (χ0n) is 5.15. The zero-order valence-corrected chi connectivity index (χ0v) is 5.91. The van der Waals surface area contributed by atoms with Crippen LogP contribution in [0.2, 0.25) is 0 Å². The van der Waals surface area contributed by atoms with Gasteiger partial charge in [-0.05, 0) is 37.5 Å². The number of hydrogen-bond acceptors (Lipinski definition) is 1. The Morgan fingerprint density at radius 2 is 2.25 bits per heavy atom. The molecule has 0 aromatic rings. The fraction of sp³-hybridized carbons (Fsp3) is 1.00. The monoisotopic (exact) mass is 133 g/mol. The largest absolute Gasteiger partial charge is 0.230 e. The van der Waals surface area contributed by atoms with Crippen molar-refractivity contribution in [2.45, 2.75) is 32.2 Å². The second-order valence-electron chi connectivity index (χ2n) is 2.59. The summed E-state index contributed by atoms with van der Waals surface area (Å²) in [6.07, 6.45) is 4.12. The Hall–Kier alpha value is 0.250. The molecule has 2 heteroatoms. The third-order valence-electron chi connectivity index (χ3n) is 2.03. The molecule has 0 aromatic carbocycles. The molecule has 1 aliphatic carbocycles. The third kappa shape index (κ3) is 1.15. The van der Waals surface area contributed by atoms with E-state index in [1.54, 1.807) is 0 Å². The number of nitrogens with one attached hydrogen (secondary N) is 1. The Bertz CT molecular complexity index is 68.2. The fourth-order valence-electron chi connectivity index (χ4n) is 1.03. The molecule has 1 rings (SSSR count). The molecule has 0 aromatic heterocycles. The van der Waals surface area contributed by atoms with Crippen molar-refractivity contribution in [1.82, 2.24) is 4.84 Å². The highest BCUT2D eigenvalue weighted by molar-refractivity contribution is 6.13. The average Bonchev–Trinajstić information content (AvgIpc) is 1.62. The summed E-state index contributed by atoms with van der Waals surface area (Å²) in [6.45, 7) is 2.14. The van der Waals surface area contributed by atoms with Crippen LogP contribution in [0.15, 0.2) is 0 Å². The van der Waals surface area contributed by atoms with Crippen LogP contribution >= 0.6 is 11.8 Å². The fourth-order valence-corrected chi connectivity index (χ4v) is 1.21. The molecule has 1 nitrogen and oxygen atoms in total. The molecule has 0 aliphatic heterocycles. The van der Waals surface area contributed by atoms with Gasteiger partial charge in [0.2, 0.25) is 0 Å². The van der Waals surface area contributed by atoms with Crippen LogP contribution < -0.4 is 4.84 Å². The van der Waals surface area contributed by atoms with E-state index in [1.807, 2.05) is 0 Å². The molecule has 48 valence electrons. The van der Waals surface area contributed by atoms with Crippen molar-refractivity contribution >= 4 is 11.8 Å². The molecule has 0 unspecified atom stereocenters. The summed E-state index contributed by atoms with van der Waals surface area (Å²) < 4.78 is 0. The quantitative estimate of drug-likeness (QED) is 0.568. The maximum Gasteiger partial charge on any atom is 0.0220 e. The second-order valence-corrected chi connectivity index (χ2v) is 2.81. The molecule has 1 atom stereocenters. The number of hydrogen-bond donors (Lipinski definition) is 1. The summed E-state index contributed by atoms with van der Waals surface area (Å²) in [5.41, 5.74) is 0. The lowest BCUT2D eigenvalue weighted by atomic mass is 9.81. The second kappa shape index (κ2) is 2.70. The van der Waals surface area contributed by atoms with Crippen LogP contribution in [-0.2, 0) is 0 Å². The highest BCUT2D eigenvalue weighted by Gasteiger charge is 2.22. The molecule has 0 saturated heterocycles. The van der Waals surface area contributed by atoms with Crippen molar-refractivity contribution in [3.8, 4) is 0 Å². The van der Waals surface area contributed by atoms with Gasteiger partial charge in [0.05, 0.1) is 0 Å². The van der Waals surface area contributed by atoms with E-state index >= 15 is 0 Å². The van der Waals surface area contributed by atoms with Crippen LogP contribution in [0.4, 0.5) is 0 Å². The zero-order chi connectivity index (χ0) is 5.98. The van der Waals surface area contributed by atoms with Gasteiger partial charge in [0.15, 0.2) is 0 Å². The van der Waals surface area contributed by atoms with Crippen LogP contribution in [-0.4, -0.2) is 6.04 Å². The molecule has 0 radical (unpaired) electrons. The van der Waals surface area contributed by atoms with Gasteiger partial charge in [-0.15, -0.1) is 0 Å². The lowest BCUT2D eigenvalue weighted by Crippen LogP contribution is -2.31. The minimum atomic E-state index is 0.519. The van der Waals surface area contributed by atoms with Gasteiger partial charge < -0.3 is 0 Å². The van der Waals surface area contributed by atoms with Gasteiger partial charge in [-0.2, -0.15) is 0 Å². The standard InChI is InChI=1S/C6H12ClN/c1-5(8-7)6-3-2-4-6/h5-6,8H,2-4H2,1H3/t5-/m1/s1. The Labute approximate surface area is 55.5 Å². The molecule has 1 fully saturated rings. The van der Waals surface area contributed by atoms with Crippen molar-refractivity contribution in [2.75, 3.05) is 0 Å². The summed E-state index contributed by atoms with van der Waals surface area (Å²) in [5.74, 6) is 0.854. The van der Waals surface area contributed by atoms with E-state index in [2.05, 4.69) is 11.8 Å². The van der Waals surface area contributed by atoms with Gasteiger partial charge >= 0.3 is 0 Å². The third-order valence-corrected chi connectivity index (χ3v) is 2.37. The topological polar surface area (TPSA) is 12.0 Å². The minimum Gasteiger partial charge on any atom is -0.230 e. The average molecular weight is 134 g/mol. The minimum absolute atomic E-state index is 0.519. The van der Waals surface area contributed by atoms with Crippen LogP contribution in [0.3, 0.4) is 0 Å². The highest BCUT2D eigenvalue weighted by Crippen LogP contribution is 2.29. The molecule has 0 heterocycles. The molecule has 0 amide bonds. The van der Waals surface area contributed by atoms with Crippen molar-refractivity contribution < 1.29 is 0 Å². The summed E-state index contributed by atoms with van der Waals surface area (Å²) in [7, 11) is 0. The van der Waals surface area contributed by atoms with Crippen molar-refractivity contribution in [3.05, 3.63) is 0 Å². The van der Waals surface area contributed by atoms with E-state index in [4.69, 9.17) is 11.8 Å². The van der Waals surface area contributed by atoms with E-state index in [0.717, 1.165) is 5.92 Å². The normalized spacial score (nSPS) is 24.8. The van der Waals surface area contributed by atoms with E-state index < -0.39 is 0 Å². The Morgan fingerprint density at radius 3 is 2.38 bits per heavy atom. The number of halogens is 1. The lowest BCUT2D eigenvalue weighted by Gasteiger charge is -2.29. The molecular formula is C6H12ClN. The van der Waals surface area contributed by atoms with Crippen LogP contribution in [0.1, 0.15) is 26.2 Å². The van der Waals surface area contributed by atoms with Crippen LogP contribution in [0, 0.1) is 5.92 Å². The van der Waals surface area contributed by atoms with Gasteiger partial charge in [0, 0.05) is 6.04 Å². The molecule has 8 heavy (non-hydrogen) atoms. The van der Waals surface area contributed by atoms with E-state index in [1.165, 1.54) is 19.3 Å². The van der Waals surface area contributed by atoms with E-state index in [-0.39, 0.29) is 0 Å². The predicted octanol–water partition coefficient (Wildman–Crippen LogP) is 1.92. The van der Waals surface area contributed by atoms with Gasteiger partial charge in [-0.25, -0.2) is 4.84 Å². The first-order valence-electron chi connectivity index (χ1n) is 3.20. The molecular weight excluding hydrogens is 122 g/mol. The first-order chi connectivity index (χ1) is 3.84. The summed E-state index contributed by atoms with van der Waals surface area (Å²) in [6, 6.07) is 0.519.